The lowest BCUT2D eigenvalue weighted by Crippen LogP contribution is -2.08. The number of aliphatic carboxylic acids is 1. The molecule has 1 heterocycles. The number of carboxylic acid groups (broad SMARTS) is 1. The monoisotopic (exact) mass is 403 g/mol. The number of fused-ring (bicyclic) bond motifs is 3. The first-order chi connectivity index (χ1) is 13.7. The van der Waals surface area contributed by atoms with Gasteiger partial charge in [0.25, 0.3) is 0 Å². The molecule has 1 unspecified atom stereocenters. The first-order valence-corrected chi connectivity index (χ1v) is 9.38. The molecule has 2 aromatic carbocycles. The third-order valence-corrected chi connectivity index (χ3v) is 5.50. The number of nitrogens with one attached hydrogen (secondary N) is 1. The van der Waals surface area contributed by atoms with Crippen LogP contribution in [0.15, 0.2) is 36.4 Å². The van der Waals surface area contributed by atoms with Gasteiger partial charge in [-0.3, -0.25) is 4.79 Å². The molecule has 1 aromatic heterocycles. The smallest absolute Gasteiger partial charge is 0.416 e. The Hall–Kier alpha value is -2.96. The van der Waals surface area contributed by atoms with Crippen LogP contribution in [-0.4, -0.2) is 16.1 Å². The van der Waals surface area contributed by atoms with E-state index in [4.69, 9.17) is 9.84 Å². The fourth-order valence-electron chi connectivity index (χ4n) is 4.06. The van der Waals surface area contributed by atoms with Crippen LogP contribution in [0.5, 0.6) is 5.75 Å². The Bertz CT molecular complexity index is 1080. The van der Waals surface area contributed by atoms with Gasteiger partial charge in [-0.1, -0.05) is 12.1 Å². The number of aryl methyl sites for hydroxylation is 2. The number of H-pyrrole nitrogens is 1. The van der Waals surface area contributed by atoms with Gasteiger partial charge in [0.2, 0.25) is 0 Å². The Morgan fingerprint density at radius 2 is 2.03 bits per heavy atom. The summed E-state index contributed by atoms with van der Waals surface area (Å²) in [6, 6.07) is 9.70. The SMILES string of the molecule is Cc1ccc(COc2ccc3[nH]c4c(c3c2)CCC4CC(=O)O)cc1C(F)(F)F. The topological polar surface area (TPSA) is 62.3 Å². The zero-order valence-corrected chi connectivity index (χ0v) is 15.8. The minimum Gasteiger partial charge on any atom is -0.489 e. The molecule has 7 heteroatoms. The van der Waals surface area contributed by atoms with Gasteiger partial charge in [-0.2, -0.15) is 13.2 Å². The molecule has 0 aliphatic heterocycles. The second-order valence-electron chi connectivity index (χ2n) is 7.49. The summed E-state index contributed by atoms with van der Waals surface area (Å²) in [5.41, 5.74) is 2.96. The van der Waals surface area contributed by atoms with Crippen LogP contribution in [0, 0.1) is 6.92 Å². The molecule has 1 aliphatic carbocycles. The van der Waals surface area contributed by atoms with E-state index >= 15 is 0 Å². The van der Waals surface area contributed by atoms with Gasteiger partial charge in [0.15, 0.2) is 0 Å². The largest absolute Gasteiger partial charge is 0.489 e. The van der Waals surface area contributed by atoms with Crippen LogP contribution in [0.3, 0.4) is 0 Å². The van der Waals surface area contributed by atoms with Gasteiger partial charge in [0.05, 0.1) is 12.0 Å². The maximum Gasteiger partial charge on any atom is 0.416 e. The summed E-state index contributed by atoms with van der Waals surface area (Å²) >= 11 is 0. The van der Waals surface area contributed by atoms with E-state index in [9.17, 15) is 18.0 Å². The molecule has 0 radical (unpaired) electrons. The van der Waals surface area contributed by atoms with Crippen molar-refractivity contribution in [2.45, 2.75) is 44.9 Å². The van der Waals surface area contributed by atoms with E-state index in [1.807, 2.05) is 12.1 Å². The maximum absolute atomic E-state index is 13.1. The molecule has 3 aromatic rings. The first-order valence-electron chi connectivity index (χ1n) is 9.38. The molecule has 4 rings (SSSR count). The van der Waals surface area contributed by atoms with Crippen molar-refractivity contribution >= 4 is 16.9 Å². The second kappa shape index (κ2) is 7.13. The Kier molecular flexibility index (Phi) is 4.76. The lowest BCUT2D eigenvalue weighted by Gasteiger charge is -2.13. The van der Waals surface area contributed by atoms with Crippen molar-refractivity contribution in [2.75, 3.05) is 0 Å². The Morgan fingerprint density at radius 3 is 2.76 bits per heavy atom. The van der Waals surface area contributed by atoms with Crippen LogP contribution >= 0.6 is 0 Å². The van der Waals surface area contributed by atoms with Crippen LogP contribution in [0.4, 0.5) is 13.2 Å². The van der Waals surface area contributed by atoms with Crippen LogP contribution in [0.1, 0.15) is 46.7 Å². The zero-order chi connectivity index (χ0) is 20.8. The Morgan fingerprint density at radius 1 is 1.24 bits per heavy atom. The van der Waals surface area contributed by atoms with Crippen molar-refractivity contribution in [3.63, 3.8) is 0 Å². The predicted octanol–water partition coefficient (Wildman–Crippen LogP) is 5.58. The minimum absolute atomic E-state index is 0.0207. The normalized spacial score (nSPS) is 16.2. The number of carbonyl (C=O) groups is 1. The van der Waals surface area contributed by atoms with Crippen LogP contribution in [0.2, 0.25) is 0 Å². The Balaban J connectivity index is 1.55. The third-order valence-electron chi connectivity index (χ3n) is 5.50. The molecule has 2 N–H and O–H groups in total. The number of rotatable bonds is 5. The van der Waals surface area contributed by atoms with Crippen LogP contribution in [-0.2, 0) is 24.0 Å². The predicted molar refractivity (Wildman–Crippen MR) is 102 cm³/mol. The third kappa shape index (κ3) is 3.81. The van der Waals surface area contributed by atoms with Crippen molar-refractivity contribution < 1.29 is 27.8 Å². The van der Waals surface area contributed by atoms with Gasteiger partial charge in [-0.05, 0) is 60.7 Å². The highest BCUT2D eigenvalue weighted by Gasteiger charge is 2.32. The van der Waals surface area contributed by atoms with E-state index in [0.29, 0.717) is 11.3 Å². The van der Waals surface area contributed by atoms with Gasteiger partial charge < -0.3 is 14.8 Å². The number of carboxylic acids is 1. The molecular formula is C22H20F3NO3. The number of benzene rings is 2. The standard InChI is InChI=1S/C22H20F3NO3/c1-12-2-3-13(8-18(12)22(23,24)25)11-29-15-5-7-19-17(10-15)16-6-4-14(9-20(27)28)21(16)26-19/h2-3,5,7-8,10,14,26H,4,6,9,11H2,1H3,(H,27,28). The molecule has 0 bridgehead atoms. The fourth-order valence-corrected chi connectivity index (χ4v) is 4.06. The van der Waals surface area contributed by atoms with Crippen molar-refractivity contribution in [2.24, 2.45) is 0 Å². The van der Waals surface area contributed by atoms with E-state index in [0.717, 1.165) is 41.1 Å². The summed E-state index contributed by atoms with van der Waals surface area (Å²) in [7, 11) is 0. The summed E-state index contributed by atoms with van der Waals surface area (Å²) in [6.07, 6.45) is -2.71. The van der Waals surface area contributed by atoms with Gasteiger partial charge >= 0.3 is 12.1 Å². The van der Waals surface area contributed by atoms with Gasteiger partial charge in [-0.25, -0.2) is 0 Å². The van der Waals surface area contributed by atoms with E-state index in [1.54, 1.807) is 12.1 Å². The number of halogens is 3. The molecule has 1 aliphatic rings. The molecule has 1 atom stereocenters. The molecule has 4 nitrogen and oxygen atoms in total. The molecule has 29 heavy (non-hydrogen) atoms. The zero-order valence-electron chi connectivity index (χ0n) is 15.8. The highest BCUT2D eigenvalue weighted by Crippen LogP contribution is 2.40. The first kappa shape index (κ1) is 19.4. The van der Waals surface area contributed by atoms with Crippen molar-refractivity contribution in [1.29, 1.82) is 0 Å². The van der Waals surface area contributed by atoms with E-state index in [-0.39, 0.29) is 24.5 Å². The van der Waals surface area contributed by atoms with E-state index in [2.05, 4.69) is 4.98 Å². The molecule has 152 valence electrons. The lowest BCUT2D eigenvalue weighted by atomic mass is 10.0. The molecular weight excluding hydrogens is 383 g/mol. The van der Waals surface area contributed by atoms with Crippen molar-refractivity contribution in [3.05, 3.63) is 64.3 Å². The summed E-state index contributed by atoms with van der Waals surface area (Å²) in [6.45, 7) is 1.47. The number of hydrogen-bond acceptors (Lipinski definition) is 2. The van der Waals surface area contributed by atoms with Crippen LogP contribution < -0.4 is 4.74 Å². The van der Waals surface area contributed by atoms with Gasteiger partial charge in [-0.15, -0.1) is 0 Å². The summed E-state index contributed by atoms with van der Waals surface area (Å²) in [4.78, 5) is 14.4. The average molecular weight is 403 g/mol. The van der Waals surface area contributed by atoms with Gasteiger partial charge in [0.1, 0.15) is 12.4 Å². The van der Waals surface area contributed by atoms with Crippen molar-refractivity contribution in [1.82, 2.24) is 4.98 Å². The summed E-state index contributed by atoms with van der Waals surface area (Å²) in [5.74, 6) is -0.274. The molecule has 0 fully saturated rings. The van der Waals surface area contributed by atoms with Crippen molar-refractivity contribution in [3.8, 4) is 5.75 Å². The summed E-state index contributed by atoms with van der Waals surface area (Å²) < 4.78 is 45.0. The highest BCUT2D eigenvalue weighted by molar-refractivity contribution is 5.87. The molecule has 0 spiro atoms. The second-order valence-corrected chi connectivity index (χ2v) is 7.49. The molecule has 0 amide bonds. The van der Waals surface area contributed by atoms with Gasteiger partial charge in [0, 0.05) is 22.5 Å². The minimum atomic E-state index is -4.39. The maximum atomic E-state index is 13.1. The van der Waals surface area contributed by atoms with Crippen LogP contribution in [0.25, 0.3) is 10.9 Å². The number of alkyl halides is 3. The van der Waals surface area contributed by atoms with E-state index < -0.39 is 17.7 Å². The fraction of sp³-hybridized carbons (Fsp3) is 0.318. The number of hydrogen-bond donors (Lipinski definition) is 2. The Labute approximate surface area is 165 Å². The molecule has 0 saturated carbocycles. The van der Waals surface area contributed by atoms with E-state index in [1.165, 1.54) is 13.0 Å². The molecule has 0 saturated heterocycles. The quantitative estimate of drug-likeness (QED) is 0.585. The highest BCUT2D eigenvalue weighted by atomic mass is 19.4. The number of ether oxygens (including phenoxy) is 1. The average Bonchev–Trinajstić information content (AvgIpc) is 3.19. The lowest BCUT2D eigenvalue weighted by molar-refractivity contribution is -0.138. The number of aromatic nitrogens is 1. The number of aromatic amines is 1. The summed E-state index contributed by atoms with van der Waals surface area (Å²) in [5, 5.41) is 10.1.